The second kappa shape index (κ2) is 10.2. The Balaban J connectivity index is 2.52. The first-order valence-corrected chi connectivity index (χ1v) is 8.28. The van der Waals surface area contributed by atoms with Crippen LogP contribution in [0.3, 0.4) is 0 Å². The zero-order valence-electron chi connectivity index (χ0n) is 13.5. The molecule has 0 aromatic carbocycles. The van der Waals surface area contributed by atoms with Gasteiger partial charge >= 0.3 is 0 Å². The number of unbranched alkanes of at least 4 members (excludes halogenated alkanes) is 4. The van der Waals surface area contributed by atoms with Crippen molar-refractivity contribution in [1.82, 2.24) is 10.2 Å². The van der Waals surface area contributed by atoms with Gasteiger partial charge < -0.3 is 15.0 Å². The van der Waals surface area contributed by atoms with Crippen molar-refractivity contribution in [3.05, 3.63) is 0 Å². The first-order chi connectivity index (χ1) is 9.74. The van der Waals surface area contributed by atoms with Crippen LogP contribution in [0, 0.1) is 5.92 Å². The minimum atomic E-state index is 0.00301. The molecule has 118 valence electrons. The molecule has 0 aromatic rings. The van der Waals surface area contributed by atoms with Crippen molar-refractivity contribution in [3.8, 4) is 0 Å². The van der Waals surface area contributed by atoms with Crippen LogP contribution < -0.4 is 5.32 Å². The molecule has 0 bridgehead atoms. The third kappa shape index (κ3) is 5.41. The Morgan fingerprint density at radius 2 is 1.70 bits per heavy atom. The average Bonchev–Trinajstić information content (AvgIpc) is 2.93. The van der Waals surface area contributed by atoms with Crippen LogP contribution >= 0.6 is 0 Å². The quantitative estimate of drug-likeness (QED) is 0.626. The normalized spacial score (nSPS) is 22.1. The predicted octanol–water partition coefficient (Wildman–Crippen LogP) is 2.43. The maximum Gasteiger partial charge on any atom is 0.229 e. The van der Waals surface area contributed by atoms with Gasteiger partial charge in [0.25, 0.3) is 0 Å². The van der Waals surface area contributed by atoms with Crippen LogP contribution in [0.1, 0.15) is 52.4 Å². The van der Waals surface area contributed by atoms with Gasteiger partial charge in [0.2, 0.25) is 5.91 Å². The van der Waals surface area contributed by atoms with E-state index in [9.17, 15) is 4.79 Å². The van der Waals surface area contributed by atoms with Gasteiger partial charge in [-0.1, -0.05) is 39.5 Å². The second-order valence-corrected chi connectivity index (χ2v) is 5.78. The van der Waals surface area contributed by atoms with E-state index < -0.39 is 0 Å². The summed E-state index contributed by atoms with van der Waals surface area (Å²) in [6, 6.07) is 0.183. The highest BCUT2D eigenvalue weighted by Gasteiger charge is 2.35. The van der Waals surface area contributed by atoms with Crippen molar-refractivity contribution < 1.29 is 9.53 Å². The Hall–Kier alpha value is -0.610. The molecule has 1 fully saturated rings. The van der Waals surface area contributed by atoms with Gasteiger partial charge in [0.15, 0.2) is 0 Å². The number of nitrogens with one attached hydrogen (secondary N) is 1. The zero-order valence-corrected chi connectivity index (χ0v) is 13.5. The van der Waals surface area contributed by atoms with Gasteiger partial charge in [-0.25, -0.2) is 0 Å². The van der Waals surface area contributed by atoms with E-state index in [1.54, 1.807) is 0 Å². The van der Waals surface area contributed by atoms with Crippen LogP contribution in [0.4, 0.5) is 0 Å². The summed E-state index contributed by atoms with van der Waals surface area (Å²) in [7, 11) is 1.91. The molecule has 0 saturated carbocycles. The van der Waals surface area contributed by atoms with E-state index in [1.165, 1.54) is 25.7 Å². The number of hydrogen-bond donors (Lipinski definition) is 1. The summed E-state index contributed by atoms with van der Waals surface area (Å²) in [5.41, 5.74) is 0. The van der Waals surface area contributed by atoms with Crippen LogP contribution in [-0.4, -0.2) is 50.2 Å². The molecule has 1 saturated heterocycles. The Kier molecular flexibility index (Phi) is 8.86. The van der Waals surface area contributed by atoms with E-state index in [-0.39, 0.29) is 17.9 Å². The molecule has 1 aliphatic rings. The Labute approximate surface area is 124 Å². The van der Waals surface area contributed by atoms with E-state index in [0.29, 0.717) is 13.2 Å². The maximum absolute atomic E-state index is 12.7. The third-order valence-electron chi connectivity index (χ3n) is 4.14. The molecule has 1 heterocycles. The van der Waals surface area contributed by atoms with E-state index in [1.807, 2.05) is 7.05 Å². The van der Waals surface area contributed by atoms with E-state index in [2.05, 4.69) is 24.1 Å². The summed E-state index contributed by atoms with van der Waals surface area (Å²) in [6.45, 7) is 7.44. The van der Waals surface area contributed by atoms with Gasteiger partial charge in [0.1, 0.15) is 0 Å². The fourth-order valence-corrected chi connectivity index (χ4v) is 2.75. The highest BCUT2D eigenvalue weighted by molar-refractivity contribution is 5.80. The molecule has 20 heavy (non-hydrogen) atoms. The topological polar surface area (TPSA) is 41.6 Å². The molecule has 4 nitrogen and oxygen atoms in total. The van der Waals surface area contributed by atoms with Crippen molar-refractivity contribution in [1.29, 1.82) is 0 Å². The minimum absolute atomic E-state index is 0.00301. The van der Waals surface area contributed by atoms with Gasteiger partial charge in [0.05, 0.1) is 19.1 Å². The van der Waals surface area contributed by atoms with Crippen molar-refractivity contribution in [3.63, 3.8) is 0 Å². The third-order valence-corrected chi connectivity index (χ3v) is 4.14. The van der Waals surface area contributed by atoms with E-state index >= 15 is 0 Å². The standard InChI is InChI=1S/C16H32N2O2/c1-4-6-8-10-18(11-9-7-5-2)16(19)14-12-20-13-15(14)17-3/h14-15,17H,4-13H2,1-3H3. The van der Waals surface area contributed by atoms with Crippen molar-refractivity contribution in [2.24, 2.45) is 5.92 Å². The molecule has 1 amide bonds. The monoisotopic (exact) mass is 284 g/mol. The fraction of sp³-hybridized carbons (Fsp3) is 0.938. The molecular formula is C16H32N2O2. The molecule has 4 heteroatoms. The summed E-state index contributed by atoms with van der Waals surface area (Å²) in [5.74, 6) is 0.289. The van der Waals surface area contributed by atoms with Gasteiger partial charge in [-0.2, -0.15) is 0 Å². The SMILES string of the molecule is CCCCCN(CCCCC)C(=O)C1COCC1NC. The lowest BCUT2D eigenvalue weighted by Gasteiger charge is -2.27. The van der Waals surface area contributed by atoms with Gasteiger partial charge in [-0.05, 0) is 19.9 Å². The Morgan fingerprint density at radius 1 is 1.10 bits per heavy atom. The number of carbonyl (C=O) groups is 1. The fourth-order valence-electron chi connectivity index (χ4n) is 2.75. The first kappa shape index (κ1) is 17.4. The van der Waals surface area contributed by atoms with Crippen LogP contribution in [0.15, 0.2) is 0 Å². The molecule has 1 aliphatic heterocycles. The summed E-state index contributed by atoms with van der Waals surface area (Å²) in [5, 5.41) is 3.21. The van der Waals surface area contributed by atoms with Crippen molar-refractivity contribution >= 4 is 5.91 Å². The summed E-state index contributed by atoms with van der Waals surface area (Å²) in [4.78, 5) is 14.8. The number of likely N-dealkylation sites (N-methyl/N-ethyl adjacent to an activating group) is 1. The number of amides is 1. The van der Waals surface area contributed by atoms with Crippen LogP contribution in [0.25, 0.3) is 0 Å². The smallest absolute Gasteiger partial charge is 0.229 e. The molecule has 1 N–H and O–H groups in total. The Morgan fingerprint density at radius 3 is 2.20 bits per heavy atom. The van der Waals surface area contributed by atoms with Crippen molar-refractivity contribution in [2.45, 2.75) is 58.4 Å². The number of nitrogens with zero attached hydrogens (tertiary/aromatic N) is 1. The van der Waals surface area contributed by atoms with Gasteiger partial charge in [-0.15, -0.1) is 0 Å². The number of hydrogen-bond acceptors (Lipinski definition) is 3. The number of carbonyl (C=O) groups excluding carboxylic acids is 1. The van der Waals surface area contributed by atoms with Gasteiger partial charge in [-0.3, -0.25) is 4.79 Å². The van der Waals surface area contributed by atoms with Crippen LogP contribution in [0.5, 0.6) is 0 Å². The summed E-state index contributed by atoms with van der Waals surface area (Å²) < 4.78 is 5.47. The largest absolute Gasteiger partial charge is 0.379 e. The average molecular weight is 284 g/mol. The number of rotatable bonds is 10. The first-order valence-electron chi connectivity index (χ1n) is 8.28. The molecule has 0 aliphatic carbocycles. The number of ether oxygens (including phenoxy) is 1. The highest BCUT2D eigenvalue weighted by Crippen LogP contribution is 2.17. The second-order valence-electron chi connectivity index (χ2n) is 5.78. The van der Waals surface area contributed by atoms with Gasteiger partial charge in [0, 0.05) is 19.1 Å². The molecule has 2 atom stereocenters. The highest BCUT2D eigenvalue weighted by atomic mass is 16.5. The van der Waals surface area contributed by atoms with Crippen LogP contribution in [0.2, 0.25) is 0 Å². The zero-order chi connectivity index (χ0) is 14.8. The van der Waals surface area contributed by atoms with E-state index in [4.69, 9.17) is 4.74 Å². The summed E-state index contributed by atoms with van der Waals surface area (Å²) >= 11 is 0. The van der Waals surface area contributed by atoms with Crippen LogP contribution in [-0.2, 0) is 9.53 Å². The molecular weight excluding hydrogens is 252 g/mol. The minimum Gasteiger partial charge on any atom is -0.379 e. The predicted molar refractivity (Wildman–Crippen MR) is 82.8 cm³/mol. The maximum atomic E-state index is 12.7. The molecule has 0 aromatic heterocycles. The lowest BCUT2D eigenvalue weighted by atomic mass is 10.0. The van der Waals surface area contributed by atoms with Crippen molar-refractivity contribution in [2.75, 3.05) is 33.4 Å². The molecule has 2 unspecified atom stereocenters. The molecule has 1 rings (SSSR count). The molecule has 0 radical (unpaired) electrons. The summed E-state index contributed by atoms with van der Waals surface area (Å²) in [6.07, 6.45) is 7.03. The lowest BCUT2D eigenvalue weighted by Crippen LogP contribution is -2.45. The van der Waals surface area contributed by atoms with E-state index in [0.717, 1.165) is 25.9 Å². The molecule has 0 spiro atoms. The Bertz CT molecular complexity index is 261. The lowest BCUT2D eigenvalue weighted by molar-refractivity contribution is -0.136.